The average Bonchev–Trinajstić information content (AvgIpc) is 2.68. The van der Waals surface area contributed by atoms with Crippen molar-refractivity contribution in [1.82, 2.24) is 19.9 Å². The number of nitrogens with zero attached hydrogens (tertiary/aromatic N) is 4. The van der Waals surface area contributed by atoms with Crippen molar-refractivity contribution in [3.8, 4) is 11.3 Å². The van der Waals surface area contributed by atoms with Crippen molar-refractivity contribution in [3.05, 3.63) is 66.5 Å². The van der Waals surface area contributed by atoms with E-state index >= 15 is 0 Å². The molecule has 1 saturated heterocycles. The van der Waals surface area contributed by atoms with E-state index in [-0.39, 0.29) is 5.82 Å². The van der Waals surface area contributed by atoms with Crippen LogP contribution in [0.5, 0.6) is 0 Å². The molecule has 0 amide bonds. The number of hydrogen-bond acceptors (Lipinski definition) is 5. The third-order valence-corrected chi connectivity index (χ3v) is 4.81. The highest BCUT2D eigenvalue weighted by atomic mass is 19.1. The first kappa shape index (κ1) is 17.5. The molecule has 0 saturated carbocycles. The maximum atomic E-state index is 13.5. The quantitative estimate of drug-likeness (QED) is 0.752. The van der Waals surface area contributed by atoms with E-state index in [1.54, 1.807) is 18.5 Å². The zero-order valence-corrected chi connectivity index (χ0v) is 15.3. The molecule has 1 aliphatic rings. The minimum absolute atomic E-state index is 0.280. The smallest absolute Gasteiger partial charge is 0.135 e. The molecule has 27 heavy (non-hydrogen) atoms. The Morgan fingerprint density at radius 2 is 1.96 bits per heavy atom. The SMILES string of the molecule is CN1CCCC(c2nc(Nc3cccc(F)c3)cc(-c3ccncc3)n2)C1. The molecular formula is C21H22FN5. The number of likely N-dealkylation sites (tertiary alicyclic amines) is 1. The van der Waals surface area contributed by atoms with Crippen molar-refractivity contribution in [2.45, 2.75) is 18.8 Å². The van der Waals surface area contributed by atoms with Gasteiger partial charge in [0.15, 0.2) is 0 Å². The number of piperidine rings is 1. The number of hydrogen-bond donors (Lipinski definition) is 1. The van der Waals surface area contributed by atoms with E-state index < -0.39 is 0 Å². The summed E-state index contributed by atoms with van der Waals surface area (Å²) in [5.74, 6) is 1.51. The lowest BCUT2D eigenvalue weighted by Crippen LogP contribution is -2.31. The van der Waals surface area contributed by atoms with Gasteiger partial charge in [0, 0.05) is 42.2 Å². The summed E-state index contributed by atoms with van der Waals surface area (Å²) in [6.45, 7) is 2.05. The van der Waals surface area contributed by atoms with Gasteiger partial charge in [-0.2, -0.15) is 0 Å². The second kappa shape index (κ2) is 7.80. The molecule has 4 rings (SSSR count). The van der Waals surface area contributed by atoms with Crippen LogP contribution in [0.2, 0.25) is 0 Å². The molecule has 1 fully saturated rings. The minimum atomic E-state index is -0.280. The fourth-order valence-electron chi connectivity index (χ4n) is 3.47. The fraction of sp³-hybridized carbons (Fsp3) is 0.286. The van der Waals surface area contributed by atoms with E-state index in [0.717, 1.165) is 43.0 Å². The fourth-order valence-corrected chi connectivity index (χ4v) is 3.47. The predicted octanol–water partition coefficient (Wildman–Crippen LogP) is 4.23. The number of rotatable bonds is 4. The van der Waals surface area contributed by atoms with Gasteiger partial charge in [0.1, 0.15) is 17.5 Å². The molecule has 2 aromatic heterocycles. The topological polar surface area (TPSA) is 53.9 Å². The van der Waals surface area contributed by atoms with Gasteiger partial charge in [-0.25, -0.2) is 14.4 Å². The Balaban J connectivity index is 1.72. The second-order valence-corrected chi connectivity index (χ2v) is 6.97. The van der Waals surface area contributed by atoms with E-state index in [9.17, 15) is 4.39 Å². The molecule has 1 atom stereocenters. The van der Waals surface area contributed by atoms with Crippen LogP contribution in [-0.2, 0) is 0 Å². The summed E-state index contributed by atoms with van der Waals surface area (Å²) in [7, 11) is 2.13. The largest absolute Gasteiger partial charge is 0.340 e. The van der Waals surface area contributed by atoms with Crippen LogP contribution in [0.15, 0.2) is 54.9 Å². The molecule has 3 heterocycles. The highest BCUT2D eigenvalue weighted by molar-refractivity contribution is 5.65. The Hall–Kier alpha value is -2.86. The molecule has 138 valence electrons. The maximum Gasteiger partial charge on any atom is 0.135 e. The van der Waals surface area contributed by atoms with E-state index in [0.29, 0.717) is 17.4 Å². The number of aromatic nitrogens is 3. The van der Waals surface area contributed by atoms with Gasteiger partial charge in [0.2, 0.25) is 0 Å². The van der Waals surface area contributed by atoms with Gasteiger partial charge < -0.3 is 10.2 Å². The van der Waals surface area contributed by atoms with Gasteiger partial charge in [-0.3, -0.25) is 4.98 Å². The Morgan fingerprint density at radius 1 is 1.11 bits per heavy atom. The van der Waals surface area contributed by atoms with Gasteiger partial charge in [0.25, 0.3) is 0 Å². The zero-order valence-electron chi connectivity index (χ0n) is 15.3. The first-order chi connectivity index (χ1) is 13.2. The molecule has 1 unspecified atom stereocenters. The molecule has 1 aliphatic heterocycles. The molecular weight excluding hydrogens is 341 g/mol. The van der Waals surface area contributed by atoms with Gasteiger partial charge in [-0.15, -0.1) is 0 Å². The molecule has 1 aromatic carbocycles. The summed E-state index contributed by atoms with van der Waals surface area (Å²) in [5, 5.41) is 3.23. The lowest BCUT2D eigenvalue weighted by molar-refractivity contribution is 0.246. The zero-order chi connectivity index (χ0) is 18.6. The van der Waals surface area contributed by atoms with Crippen LogP contribution in [0.1, 0.15) is 24.6 Å². The van der Waals surface area contributed by atoms with E-state index in [1.165, 1.54) is 12.1 Å². The van der Waals surface area contributed by atoms with E-state index in [2.05, 4.69) is 22.2 Å². The molecule has 0 radical (unpaired) electrons. The van der Waals surface area contributed by atoms with Crippen molar-refractivity contribution in [2.75, 3.05) is 25.5 Å². The molecule has 1 N–H and O–H groups in total. The lowest BCUT2D eigenvalue weighted by atomic mass is 9.97. The van der Waals surface area contributed by atoms with Crippen LogP contribution in [0.3, 0.4) is 0 Å². The number of anilines is 2. The van der Waals surface area contributed by atoms with Crippen LogP contribution < -0.4 is 5.32 Å². The van der Waals surface area contributed by atoms with Crippen molar-refractivity contribution in [1.29, 1.82) is 0 Å². The van der Waals surface area contributed by atoms with Crippen molar-refractivity contribution < 1.29 is 4.39 Å². The Labute approximate surface area is 158 Å². The van der Waals surface area contributed by atoms with E-state index in [1.807, 2.05) is 24.3 Å². The Bertz CT molecular complexity index is 915. The highest BCUT2D eigenvalue weighted by Gasteiger charge is 2.22. The van der Waals surface area contributed by atoms with Crippen molar-refractivity contribution in [3.63, 3.8) is 0 Å². The number of likely N-dealkylation sites (N-methyl/N-ethyl adjacent to an activating group) is 1. The van der Waals surface area contributed by atoms with Crippen molar-refractivity contribution >= 4 is 11.5 Å². The third-order valence-electron chi connectivity index (χ3n) is 4.81. The van der Waals surface area contributed by atoms with Gasteiger partial charge >= 0.3 is 0 Å². The second-order valence-electron chi connectivity index (χ2n) is 6.97. The molecule has 0 bridgehead atoms. The lowest BCUT2D eigenvalue weighted by Gasteiger charge is -2.29. The summed E-state index contributed by atoms with van der Waals surface area (Å²) >= 11 is 0. The normalized spacial score (nSPS) is 17.6. The van der Waals surface area contributed by atoms with Crippen LogP contribution in [0.25, 0.3) is 11.3 Å². The summed E-state index contributed by atoms with van der Waals surface area (Å²) in [5.41, 5.74) is 2.50. The van der Waals surface area contributed by atoms with E-state index in [4.69, 9.17) is 9.97 Å². The number of halogens is 1. The summed E-state index contributed by atoms with van der Waals surface area (Å²) in [6.07, 6.45) is 5.72. The molecule has 5 nitrogen and oxygen atoms in total. The number of nitrogens with one attached hydrogen (secondary N) is 1. The van der Waals surface area contributed by atoms with Crippen LogP contribution in [-0.4, -0.2) is 40.0 Å². The van der Waals surface area contributed by atoms with Crippen LogP contribution >= 0.6 is 0 Å². The molecule has 0 aliphatic carbocycles. The first-order valence-corrected chi connectivity index (χ1v) is 9.18. The predicted molar refractivity (Wildman–Crippen MR) is 104 cm³/mol. The first-order valence-electron chi connectivity index (χ1n) is 9.18. The Morgan fingerprint density at radius 3 is 2.74 bits per heavy atom. The molecule has 0 spiro atoms. The Kier molecular flexibility index (Phi) is 5.07. The van der Waals surface area contributed by atoms with Gasteiger partial charge in [-0.05, 0) is 56.8 Å². The molecule has 3 aromatic rings. The highest BCUT2D eigenvalue weighted by Crippen LogP contribution is 2.28. The monoisotopic (exact) mass is 363 g/mol. The van der Waals surface area contributed by atoms with Gasteiger partial charge in [0.05, 0.1) is 5.69 Å². The maximum absolute atomic E-state index is 13.5. The average molecular weight is 363 g/mol. The van der Waals surface area contributed by atoms with Crippen LogP contribution in [0, 0.1) is 5.82 Å². The van der Waals surface area contributed by atoms with Gasteiger partial charge in [-0.1, -0.05) is 6.07 Å². The summed E-state index contributed by atoms with van der Waals surface area (Å²) in [6, 6.07) is 12.2. The van der Waals surface area contributed by atoms with Crippen molar-refractivity contribution in [2.24, 2.45) is 0 Å². The minimum Gasteiger partial charge on any atom is -0.340 e. The number of benzene rings is 1. The summed E-state index contributed by atoms with van der Waals surface area (Å²) in [4.78, 5) is 16.0. The number of pyridine rings is 1. The molecule has 6 heteroatoms. The third kappa shape index (κ3) is 4.28. The standard InChI is InChI=1S/C21H22FN5/c1-27-11-3-4-16(14-27)21-25-19(15-7-9-23-10-8-15)13-20(26-21)24-18-6-2-5-17(22)12-18/h2,5-10,12-13,16H,3-4,11,14H2,1H3,(H,24,25,26). The summed E-state index contributed by atoms with van der Waals surface area (Å²) < 4.78 is 13.5. The van der Waals surface area contributed by atoms with Crippen LogP contribution in [0.4, 0.5) is 15.9 Å².